The second-order valence-electron chi connectivity index (χ2n) is 8.34. The van der Waals surface area contributed by atoms with Crippen LogP contribution in [0.1, 0.15) is 16.8 Å². The standard InChI is InChI=1S/C26H28FN5O2/c1-18-19(2)32(21-10-8-20(27)9-11-21)26(22(18)16-28)29-25(33)17-30-12-14-31(15-13-30)23-6-4-5-7-24(23)34-3/h4-11H,12-15,17H2,1-3H3,(H,29,33). The number of anilines is 2. The molecule has 0 aliphatic carbocycles. The van der Waals surface area contributed by atoms with E-state index in [4.69, 9.17) is 4.74 Å². The maximum absolute atomic E-state index is 13.5. The molecule has 3 aromatic rings. The number of benzene rings is 2. The van der Waals surface area contributed by atoms with E-state index in [2.05, 4.69) is 21.2 Å². The molecule has 8 heteroatoms. The van der Waals surface area contributed by atoms with Gasteiger partial charge in [-0.25, -0.2) is 4.39 Å². The van der Waals surface area contributed by atoms with Crippen molar-refractivity contribution in [3.8, 4) is 17.5 Å². The zero-order valence-corrected chi connectivity index (χ0v) is 19.6. The van der Waals surface area contributed by atoms with Crippen LogP contribution in [0.4, 0.5) is 15.9 Å². The zero-order valence-electron chi connectivity index (χ0n) is 19.6. The van der Waals surface area contributed by atoms with Crippen LogP contribution in [0.3, 0.4) is 0 Å². The number of amides is 1. The fourth-order valence-corrected chi connectivity index (χ4v) is 4.39. The van der Waals surface area contributed by atoms with Crippen molar-refractivity contribution < 1.29 is 13.9 Å². The molecule has 1 amide bonds. The summed E-state index contributed by atoms with van der Waals surface area (Å²) in [5, 5.41) is 12.7. The molecule has 0 spiro atoms. The van der Waals surface area contributed by atoms with Crippen molar-refractivity contribution in [1.29, 1.82) is 5.26 Å². The SMILES string of the molecule is COc1ccccc1N1CCN(CC(=O)Nc2c(C#N)c(C)c(C)n2-c2ccc(F)cc2)CC1. The number of carbonyl (C=O) groups is 1. The number of piperazine rings is 1. The monoisotopic (exact) mass is 461 g/mol. The van der Waals surface area contributed by atoms with E-state index in [0.29, 0.717) is 17.1 Å². The molecule has 1 aromatic heterocycles. The number of hydrogen-bond donors (Lipinski definition) is 1. The largest absolute Gasteiger partial charge is 0.495 e. The Labute approximate surface area is 199 Å². The van der Waals surface area contributed by atoms with Crippen LogP contribution in [-0.4, -0.2) is 55.2 Å². The van der Waals surface area contributed by atoms with Gasteiger partial charge in [-0.1, -0.05) is 12.1 Å². The van der Waals surface area contributed by atoms with Gasteiger partial charge in [0.2, 0.25) is 5.91 Å². The van der Waals surface area contributed by atoms with Gasteiger partial charge in [-0.15, -0.1) is 0 Å². The molecule has 0 unspecified atom stereocenters. The average molecular weight is 462 g/mol. The summed E-state index contributed by atoms with van der Waals surface area (Å²) in [5.74, 6) is 0.721. The maximum Gasteiger partial charge on any atom is 0.239 e. The molecule has 0 bridgehead atoms. The molecule has 1 N–H and O–H groups in total. The van der Waals surface area contributed by atoms with Crippen LogP contribution in [-0.2, 0) is 4.79 Å². The van der Waals surface area contributed by atoms with E-state index in [1.165, 1.54) is 12.1 Å². The highest BCUT2D eigenvalue weighted by Gasteiger charge is 2.24. The summed E-state index contributed by atoms with van der Waals surface area (Å²) in [6, 6.07) is 16.1. The van der Waals surface area contributed by atoms with Crippen molar-refractivity contribution >= 4 is 17.4 Å². The Morgan fingerprint density at radius 1 is 1.09 bits per heavy atom. The highest BCUT2D eigenvalue weighted by molar-refractivity contribution is 5.93. The first-order valence-corrected chi connectivity index (χ1v) is 11.2. The predicted molar refractivity (Wildman–Crippen MR) is 130 cm³/mol. The summed E-state index contributed by atoms with van der Waals surface area (Å²) in [7, 11) is 1.67. The van der Waals surface area contributed by atoms with E-state index in [1.54, 1.807) is 23.8 Å². The summed E-state index contributed by atoms with van der Waals surface area (Å²) in [6.07, 6.45) is 0. The van der Waals surface area contributed by atoms with E-state index < -0.39 is 0 Å². The lowest BCUT2D eigenvalue weighted by molar-refractivity contribution is -0.117. The van der Waals surface area contributed by atoms with Crippen LogP contribution < -0.4 is 15.0 Å². The third kappa shape index (κ3) is 4.61. The van der Waals surface area contributed by atoms with Crippen molar-refractivity contribution in [3.05, 3.63) is 71.2 Å². The predicted octanol–water partition coefficient (Wildman–Crippen LogP) is 3.87. The van der Waals surface area contributed by atoms with Crippen LogP contribution in [0.15, 0.2) is 48.5 Å². The summed E-state index contributed by atoms with van der Waals surface area (Å²) >= 11 is 0. The van der Waals surface area contributed by atoms with E-state index in [1.807, 2.05) is 38.1 Å². The summed E-state index contributed by atoms with van der Waals surface area (Å²) < 4.78 is 20.7. The Morgan fingerprint density at radius 3 is 2.41 bits per heavy atom. The van der Waals surface area contributed by atoms with E-state index in [9.17, 15) is 14.4 Å². The lowest BCUT2D eigenvalue weighted by Gasteiger charge is -2.36. The normalized spacial score (nSPS) is 14.0. The fraction of sp³-hybridized carbons (Fsp3) is 0.308. The van der Waals surface area contributed by atoms with Crippen LogP contribution in [0.2, 0.25) is 0 Å². The zero-order chi connectivity index (χ0) is 24.2. The molecular weight excluding hydrogens is 433 g/mol. The number of nitrogens with one attached hydrogen (secondary N) is 1. The molecular formula is C26H28FN5O2. The lowest BCUT2D eigenvalue weighted by Crippen LogP contribution is -2.48. The lowest BCUT2D eigenvalue weighted by atomic mass is 10.2. The first-order valence-electron chi connectivity index (χ1n) is 11.2. The van der Waals surface area contributed by atoms with Crippen LogP contribution >= 0.6 is 0 Å². The van der Waals surface area contributed by atoms with Gasteiger partial charge in [-0.3, -0.25) is 14.3 Å². The minimum absolute atomic E-state index is 0.192. The Morgan fingerprint density at radius 2 is 1.76 bits per heavy atom. The first-order chi connectivity index (χ1) is 16.4. The Bertz CT molecular complexity index is 1220. The average Bonchev–Trinajstić information content (AvgIpc) is 3.08. The van der Waals surface area contributed by atoms with Crippen molar-refractivity contribution in [2.45, 2.75) is 13.8 Å². The van der Waals surface area contributed by atoms with Gasteiger partial charge in [-0.05, 0) is 55.8 Å². The molecule has 0 saturated carbocycles. The molecule has 0 atom stereocenters. The molecule has 2 aromatic carbocycles. The maximum atomic E-state index is 13.5. The van der Waals surface area contributed by atoms with Gasteiger partial charge in [0.1, 0.15) is 23.5 Å². The number of methoxy groups -OCH3 is 1. The second kappa shape index (κ2) is 9.98. The molecule has 1 saturated heterocycles. The Balaban J connectivity index is 1.46. The van der Waals surface area contributed by atoms with Crippen molar-refractivity contribution in [2.24, 2.45) is 0 Å². The van der Waals surface area contributed by atoms with Gasteiger partial charge in [0.15, 0.2) is 0 Å². The molecule has 7 nitrogen and oxygen atoms in total. The van der Waals surface area contributed by atoms with Crippen LogP contribution in [0.25, 0.3) is 5.69 Å². The second-order valence-corrected chi connectivity index (χ2v) is 8.34. The molecule has 4 rings (SSSR count). The number of aromatic nitrogens is 1. The molecule has 1 aliphatic heterocycles. The number of halogens is 1. The van der Waals surface area contributed by atoms with Gasteiger partial charge < -0.3 is 15.0 Å². The van der Waals surface area contributed by atoms with Crippen molar-refractivity contribution in [2.75, 3.05) is 50.1 Å². The highest BCUT2D eigenvalue weighted by atomic mass is 19.1. The van der Waals surface area contributed by atoms with E-state index in [-0.39, 0.29) is 18.3 Å². The van der Waals surface area contributed by atoms with Gasteiger partial charge in [0.25, 0.3) is 0 Å². The summed E-state index contributed by atoms with van der Waals surface area (Å²) in [4.78, 5) is 17.3. The van der Waals surface area contributed by atoms with Gasteiger partial charge in [0, 0.05) is 37.6 Å². The summed E-state index contributed by atoms with van der Waals surface area (Å²) in [6.45, 7) is 6.97. The molecule has 176 valence electrons. The van der Waals surface area contributed by atoms with Crippen LogP contribution in [0.5, 0.6) is 5.75 Å². The fourth-order valence-electron chi connectivity index (χ4n) is 4.39. The number of ether oxygens (including phenoxy) is 1. The number of nitrogens with zero attached hydrogens (tertiary/aromatic N) is 4. The summed E-state index contributed by atoms with van der Waals surface area (Å²) in [5.41, 5.74) is 3.76. The van der Waals surface area contributed by atoms with Gasteiger partial charge in [0.05, 0.1) is 24.9 Å². The topological polar surface area (TPSA) is 73.5 Å². The van der Waals surface area contributed by atoms with Gasteiger partial charge in [-0.2, -0.15) is 5.26 Å². The number of carbonyl (C=O) groups excluding carboxylic acids is 1. The molecule has 1 fully saturated rings. The Hall–Kier alpha value is -3.83. The van der Waals surface area contributed by atoms with Crippen molar-refractivity contribution in [1.82, 2.24) is 9.47 Å². The highest BCUT2D eigenvalue weighted by Crippen LogP contribution is 2.31. The third-order valence-corrected chi connectivity index (χ3v) is 6.33. The molecule has 2 heterocycles. The number of hydrogen-bond acceptors (Lipinski definition) is 5. The van der Waals surface area contributed by atoms with E-state index >= 15 is 0 Å². The molecule has 0 radical (unpaired) electrons. The van der Waals surface area contributed by atoms with Crippen LogP contribution in [0, 0.1) is 31.0 Å². The number of para-hydroxylation sites is 2. The van der Waals surface area contributed by atoms with E-state index in [0.717, 1.165) is 48.9 Å². The third-order valence-electron chi connectivity index (χ3n) is 6.33. The molecule has 1 aliphatic rings. The number of nitriles is 1. The number of rotatable bonds is 6. The smallest absolute Gasteiger partial charge is 0.239 e. The Kier molecular flexibility index (Phi) is 6.85. The molecule has 34 heavy (non-hydrogen) atoms. The first kappa shape index (κ1) is 23.3. The van der Waals surface area contributed by atoms with Crippen molar-refractivity contribution in [3.63, 3.8) is 0 Å². The quantitative estimate of drug-likeness (QED) is 0.603. The minimum atomic E-state index is -0.344. The van der Waals surface area contributed by atoms with Gasteiger partial charge >= 0.3 is 0 Å². The minimum Gasteiger partial charge on any atom is -0.495 e.